The smallest absolute Gasteiger partial charge is 0.238 e. The lowest BCUT2D eigenvalue weighted by Crippen LogP contribution is -2.48. The van der Waals surface area contributed by atoms with Crippen molar-refractivity contribution < 1.29 is 9.18 Å². The van der Waals surface area contributed by atoms with E-state index >= 15 is 0 Å². The largest absolute Gasteiger partial charge is 0.322 e. The first-order valence-corrected chi connectivity index (χ1v) is 9.32. The van der Waals surface area contributed by atoms with Crippen molar-refractivity contribution >= 4 is 17.7 Å². The molecule has 2 aromatic rings. The maximum absolute atomic E-state index is 13.8. The topological polar surface area (TPSA) is 35.6 Å². The first kappa shape index (κ1) is 19.3. The lowest BCUT2D eigenvalue weighted by Gasteiger charge is -2.33. The van der Waals surface area contributed by atoms with Crippen molar-refractivity contribution in [1.82, 2.24) is 9.80 Å². The van der Waals surface area contributed by atoms with Gasteiger partial charge < -0.3 is 5.32 Å². The van der Waals surface area contributed by atoms with Gasteiger partial charge in [0, 0.05) is 32.7 Å². The van der Waals surface area contributed by atoms with Crippen LogP contribution in [0.1, 0.15) is 11.1 Å². The van der Waals surface area contributed by atoms with Crippen LogP contribution in [-0.2, 0) is 4.79 Å². The van der Waals surface area contributed by atoms with Gasteiger partial charge in [-0.05, 0) is 30.2 Å². The fraction of sp³-hybridized carbons (Fsp3) is 0.318. The van der Waals surface area contributed by atoms with Crippen molar-refractivity contribution in [2.24, 2.45) is 0 Å². The summed E-state index contributed by atoms with van der Waals surface area (Å²) in [4.78, 5) is 16.7. The Morgan fingerprint density at radius 3 is 2.48 bits per heavy atom. The number of nitrogens with one attached hydrogen (secondary N) is 1. The molecule has 5 heteroatoms. The van der Waals surface area contributed by atoms with Crippen molar-refractivity contribution in [2.45, 2.75) is 6.92 Å². The van der Waals surface area contributed by atoms with E-state index in [4.69, 9.17) is 0 Å². The van der Waals surface area contributed by atoms with Gasteiger partial charge in [-0.1, -0.05) is 48.6 Å². The Balaban J connectivity index is 1.40. The highest BCUT2D eigenvalue weighted by atomic mass is 19.1. The summed E-state index contributed by atoms with van der Waals surface area (Å²) in [7, 11) is 0. The third-order valence-electron chi connectivity index (χ3n) is 4.70. The highest BCUT2D eigenvalue weighted by Gasteiger charge is 2.18. The average Bonchev–Trinajstić information content (AvgIpc) is 2.66. The Morgan fingerprint density at radius 2 is 1.78 bits per heavy atom. The minimum Gasteiger partial charge on any atom is -0.322 e. The zero-order chi connectivity index (χ0) is 19.1. The Kier molecular flexibility index (Phi) is 6.74. The van der Waals surface area contributed by atoms with E-state index < -0.39 is 5.82 Å². The fourth-order valence-electron chi connectivity index (χ4n) is 3.15. The van der Waals surface area contributed by atoms with Gasteiger partial charge in [-0.15, -0.1) is 0 Å². The number of hydrogen-bond donors (Lipinski definition) is 1. The number of anilines is 1. The van der Waals surface area contributed by atoms with E-state index in [9.17, 15) is 9.18 Å². The van der Waals surface area contributed by atoms with E-state index in [2.05, 4.69) is 39.4 Å². The summed E-state index contributed by atoms with van der Waals surface area (Å²) < 4.78 is 13.8. The van der Waals surface area contributed by atoms with Gasteiger partial charge in [0.1, 0.15) is 5.82 Å². The zero-order valence-corrected chi connectivity index (χ0v) is 15.7. The molecule has 1 heterocycles. The number of piperazine rings is 1. The molecule has 0 atom stereocenters. The summed E-state index contributed by atoms with van der Waals surface area (Å²) in [5, 5.41) is 2.67. The van der Waals surface area contributed by atoms with E-state index in [1.165, 1.54) is 11.6 Å². The molecule has 1 N–H and O–H groups in total. The molecule has 1 fully saturated rings. The molecule has 2 aromatic carbocycles. The normalized spacial score (nSPS) is 15.9. The molecule has 0 aromatic heterocycles. The molecule has 0 aliphatic carbocycles. The van der Waals surface area contributed by atoms with Crippen LogP contribution < -0.4 is 5.32 Å². The van der Waals surface area contributed by atoms with E-state index in [0.29, 0.717) is 6.54 Å². The quantitative estimate of drug-likeness (QED) is 0.850. The Morgan fingerprint density at radius 1 is 1.07 bits per heavy atom. The van der Waals surface area contributed by atoms with Crippen LogP contribution in [-0.4, -0.2) is 55.0 Å². The molecule has 0 unspecified atom stereocenters. The van der Waals surface area contributed by atoms with Crippen LogP contribution in [0.15, 0.2) is 54.6 Å². The molecule has 142 valence electrons. The number of hydrogen-bond acceptors (Lipinski definition) is 3. The molecular weight excluding hydrogens is 341 g/mol. The highest BCUT2D eigenvalue weighted by Crippen LogP contribution is 2.15. The number of aryl methyl sites for hydroxylation is 1. The van der Waals surface area contributed by atoms with Gasteiger partial charge in [0.25, 0.3) is 0 Å². The van der Waals surface area contributed by atoms with Crippen molar-refractivity contribution in [3.05, 3.63) is 71.6 Å². The second-order valence-corrected chi connectivity index (χ2v) is 6.92. The number of nitrogens with zero attached hydrogens (tertiary/aromatic N) is 2. The van der Waals surface area contributed by atoms with E-state index in [0.717, 1.165) is 38.3 Å². The molecule has 1 amide bonds. The second kappa shape index (κ2) is 9.44. The summed E-state index contributed by atoms with van der Waals surface area (Å²) in [6, 6.07) is 15.1. The average molecular weight is 367 g/mol. The third kappa shape index (κ3) is 6.01. The van der Waals surface area contributed by atoms with Crippen molar-refractivity contribution in [2.75, 3.05) is 44.6 Å². The minimum absolute atomic E-state index is 0.171. The highest BCUT2D eigenvalue weighted by molar-refractivity contribution is 5.92. The van der Waals surface area contributed by atoms with Gasteiger partial charge in [0.15, 0.2) is 0 Å². The summed E-state index contributed by atoms with van der Waals surface area (Å²) >= 11 is 0. The van der Waals surface area contributed by atoms with Gasteiger partial charge in [0.05, 0.1) is 12.2 Å². The second-order valence-electron chi connectivity index (χ2n) is 6.92. The van der Waals surface area contributed by atoms with E-state index in [1.54, 1.807) is 12.1 Å². The maximum Gasteiger partial charge on any atom is 0.238 e. The summed E-state index contributed by atoms with van der Waals surface area (Å²) in [6.45, 7) is 6.54. The molecule has 1 aliphatic heterocycles. The summed E-state index contributed by atoms with van der Waals surface area (Å²) in [6.07, 6.45) is 4.31. The van der Waals surface area contributed by atoms with Crippen LogP contribution in [0, 0.1) is 12.7 Å². The fourth-order valence-corrected chi connectivity index (χ4v) is 3.15. The first-order chi connectivity index (χ1) is 13.1. The molecular formula is C22H26FN3O. The van der Waals surface area contributed by atoms with Crippen LogP contribution in [0.25, 0.3) is 6.08 Å². The number of carbonyl (C=O) groups excluding carboxylic acids is 1. The number of halogens is 1. The molecule has 3 rings (SSSR count). The maximum atomic E-state index is 13.8. The Labute approximate surface area is 160 Å². The molecule has 27 heavy (non-hydrogen) atoms. The van der Waals surface area contributed by atoms with Gasteiger partial charge in [-0.25, -0.2) is 4.39 Å². The van der Waals surface area contributed by atoms with Crippen LogP contribution >= 0.6 is 0 Å². The van der Waals surface area contributed by atoms with E-state index in [1.807, 2.05) is 25.1 Å². The van der Waals surface area contributed by atoms with Crippen LogP contribution in [0.2, 0.25) is 0 Å². The van der Waals surface area contributed by atoms with Gasteiger partial charge in [-0.2, -0.15) is 0 Å². The summed E-state index contributed by atoms with van der Waals surface area (Å²) in [5.41, 5.74) is 2.29. The Hall–Kier alpha value is -2.50. The van der Waals surface area contributed by atoms with Crippen LogP contribution in [0.5, 0.6) is 0 Å². The van der Waals surface area contributed by atoms with Crippen molar-refractivity contribution in [1.29, 1.82) is 0 Å². The molecule has 0 bridgehead atoms. The third-order valence-corrected chi connectivity index (χ3v) is 4.70. The van der Waals surface area contributed by atoms with E-state index in [-0.39, 0.29) is 11.6 Å². The van der Waals surface area contributed by atoms with Crippen molar-refractivity contribution in [3.8, 4) is 0 Å². The van der Waals surface area contributed by atoms with Gasteiger partial charge in [-0.3, -0.25) is 14.6 Å². The molecule has 0 spiro atoms. The molecule has 1 aliphatic rings. The predicted molar refractivity (Wildman–Crippen MR) is 108 cm³/mol. The van der Waals surface area contributed by atoms with Gasteiger partial charge >= 0.3 is 0 Å². The molecule has 1 saturated heterocycles. The lowest BCUT2D eigenvalue weighted by atomic mass is 10.2. The van der Waals surface area contributed by atoms with Crippen LogP contribution in [0.4, 0.5) is 10.1 Å². The van der Waals surface area contributed by atoms with Crippen LogP contribution in [0.3, 0.4) is 0 Å². The Bertz CT molecular complexity index is 783. The number of carbonyl (C=O) groups is 1. The number of amides is 1. The zero-order valence-electron chi connectivity index (χ0n) is 15.7. The lowest BCUT2D eigenvalue weighted by molar-refractivity contribution is -0.117. The number of rotatable bonds is 6. The summed E-state index contributed by atoms with van der Waals surface area (Å²) in [5.74, 6) is -0.562. The standard InChI is InChI=1S/C22H26FN3O/c1-18-9-10-21(20(23)16-18)24-22(27)17-26-14-12-25(13-15-26)11-5-8-19-6-3-2-4-7-19/h2-10,16H,11-15,17H2,1H3,(H,24,27)/b8-5+. The van der Waals surface area contributed by atoms with Gasteiger partial charge in [0.2, 0.25) is 5.91 Å². The monoisotopic (exact) mass is 367 g/mol. The minimum atomic E-state index is -0.390. The SMILES string of the molecule is Cc1ccc(NC(=O)CN2CCN(C/C=C/c3ccccc3)CC2)c(F)c1. The molecule has 4 nitrogen and oxygen atoms in total. The molecule has 0 radical (unpaired) electrons. The van der Waals surface area contributed by atoms with Crippen molar-refractivity contribution in [3.63, 3.8) is 0 Å². The first-order valence-electron chi connectivity index (χ1n) is 9.32. The number of benzene rings is 2. The molecule has 0 saturated carbocycles. The predicted octanol–water partition coefficient (Wildman–Crippen LogP) is 3.40.